The van der Waals surface area contributed by atoms with Crippen LogP contribution >= 0.6 is 11.3 Å². The smallest absolute Gasteiger partial charge is 0.253 e. The Balaban J connectivity index is 1.28. The van der Waals surface area contributed by atoms with E-state index in [2.05, 4.69) is 33.0 Å². The fourth-order valence-electron chi connectivity index (χ4n) is 3.80. The van der Waals surface area contributed by atoms with Gasteiger partial charge in [-0.15, -0.1) is 11.3 Å². The number of fused-ring (bicyclic) bond motifs is 1. The van der Waals surface area contributed by atoms with Crippen molar-refractivity contribution in [2.45, 2.75) is 13.3 Å². The average Bonchev–Trinajstić information content (AvgIpc) is 3.48. The van der Waals surface area contributed by atoms with Gasteiger partial charge in [-0.2, -0.15) is 5.10 Å². The molecule has 1 fully saturated rings. The molecule has 1 aliphatic heterocycles. The summed E-state index contributed by atoms with van der Waals surface area (Å²) >= 11 is 1.73. The molecule has 30 heavy (non-hydrogen) atoms. The Kier molecular flexibility index (Phi) is 4.92. The van der Waals surface area contributed by atoms with Crippen LogP contribution < -0.4 is 4.90 Å². The van der Waals surface area contributed by atoms with Gasteiger partial charge in [0.25, 0.3) is 5.91 Å². The molecule has 3 aromatic heterocycles. The van der Waals surface area contributed by atoms with E-state index in [1.54, 1.807) is 28.5 Å². The number of rotatable bonds is 4. The first-order chi connectivity index (χ1) is 14.7. The van der Waals surface area contributed by atoms with Crippen molar-refractivity contribution in [3.63, 3.8) is 0 Å². The van der Waals surface area contributed by atoms with Crippen molar-refractivity contribution in [2.75, 3.05) is 31.1 Å². The number of benzene rings is 1. The molecule has 8 heteroatoms. The van der Waals surface area contributed by atoms with E-state index in [4.69, 9.17) is 0 Å². The van der Waals surface area contributed by atoms with Crippen LogP contribution in [-0.4, -0.2) is 56.7 Å². The van der Waals surface area contributed by atoms with Crippen molar-refractivity contribution in [3.05, 3.63) is 65.6 Å². The number of aryl methyl sites for hydroxylation is 1. The first kappa shape index (κ1) is 18.7. The largest absolute Gasteiger partial charge is 0.352 e. The summed E-state index contributed by atoms with van der Waals surface area (Å²) in [5.74, 6) is 1.05. The molecule has 0 atom stereocenters. The lowest BCUT2D eigenvalue weighted by atomic mass is 10.1. The summed E-state index contributed by atoms with van der Waals surface area (Å²) in [6.07, 6.45) is 6.27. The van der Waals surface area contributed by atoms with Crippen LogP contribution in [0.3, 0.4) is 0 Å². The third kappa shape index (κ3) is 3.43. The van der Waals surface area contributed by atoms with E-state index in [1.165, 1.54) is 4.88 Å². The molecule has 1 aliphatic rings. The molecule has 152 valence electrons. The van der Waals surface area contributed by atoms with Crippen LogP contribution in [0.1, 0.15) is 22.2 Å². The normalized spacial score (nSPS) is 14.4. The van der Waals surface area contributed by atoms with Gasteiger partial charge in [-0.05, 0) is 42.8 Å². The third-order valence-electron chi connectivity index (χ3n) is 5.46. The highest BCUT2D eigenvalue weighted by molar-refractivity contribution is 7.18. The van der Waals surface area contributed by atoms with E-state index >= 15 is 0 Å². The number of aromatic nitrogens is 4. The Labute approximate surface area is 178 Å². The van der Waals surface area contributed by atoms with Crippen molar-refractivity contribution in [1.29, 1.82) is 0 Å². The van der Waals surface area contributed by atoms with Gasteiger partial charge in [0.05, 0.1) is 11.1 Å². The van der Waals surface area contributed by atoms with E-state index in [0.29, 0.717) is 18.7 Å². The second kappa shape index (κ2) is 7.87. The van der Waals surface area contributed by atoms with Gasteiger partial charge in [0, 0.05) is 49.0 Å². The fourth-order valence-corrected chi connectivity index (χ4v) is 4.73. The Morgan fingerprint density at radius 3 is 2.60 bits per heavy atom. The lowest BCUT2D eigenvalue weighted by molar-refractivity contribution is 0.0746. The molecule has 0 saturated carbocycles. The molecular weight excluding hydrogens is 396 g/mol. The minimum atomic E-state index is 0.0679. The first-order valence-electron chi connectivity index (χ1n) is 10.1. The van der Waals surface area contributed by atoms with Gasteiger partial charge in [-0.1, -0.05) is 6.92 Å². The van der Waals surface area contributed by atoms with E-state index in [-0.39, 0.29) is 5.91 Å². The molecule has 0 unspecified atom stereocenters. The molecule has 7 nitrogen and oxygen atoms in total. The molecule has 1 amide bonds. The summed E-state index contributed by atoms with van der Waals surface area (Å²) in [5.41, 5.74) is 1.64. The van der Waals surface area contributed by atoms with Gasteiger partial charge in [0.2, 0.25) is 0 Å². The second-order valence-electron chi connectivity index (χ2n) is 7.26. The van der Waals surface area contributed by atoms with Gasteiger partial charge in [-0.25, -0.2) is 14.6 Å². The Morgan fingerprint density at radius 1 is 1.10 bits per heavy atom. The molecule has 4 heterocycles. The average molecular weight is 419 g/mol. The quantitative estimate of drug-likeness (QED) is 0.508. The summed E-state index contributed by atoms with van der Waals surface area (Å²) in [6.45, 7) is 5.04. The number of anilines is 1. The molecule has 4 aromatic rings. The molecule has 0 bridgehead atoms. The maximum Gasteiger partial charge on any atom is 0.253 e. The maximum absolute atomic E-state index is 13.0. The number of amides is 1. The molecule has 0 aliphatic carbocycles. The molecular formula is C22H22N6OS. The predicted octanol–water partition coefficient (Wildman–Crippen LogP) is 3.40. The zero-order valence-corrected chi connectivity index (χ0v) is 17.5. The number of thiophene rings is 1. The molecule has 0 N–H and O–H groups in total. The van der Waals surface area contributed by atoms with Crippen molar-refractivity contribution < 1.29 is 4.79 Å². The summed E-state index contributed by atoms with van der Waals surface area (Å²) in [4.78, 5) is 28.5. The topological polar surface area (TPSA) is 67.2 Å². The van der Waals surface area contributed by atoms with Gasteiger partial charge < -0.3 is 9.80 Å². The van der Waals surface area contributed by atoms with Crippen LogP contribution in [0.15, 0.2) is 55.1 Å². The van der Waals surface area contributed by atoms with E-state index < -0.39 is 0 Å². The van der Waals surface area contributed by atoms with Crippen LogP contribution in [0.5, 0.6) is 0 Å². The highest BCUT2D eigenvalue weighted by Crippen LogP contribution is 2.31. The SMILES string of the molecule is CCc1cc2c(N3CCN(C(=O)c4ccc(-n5cccn5)cc4)CC3)ncnc2s1. The molecule has 5 rings (SSSR count). The summed E-state index contributed by atoms with van der Waals surface area (Å²) in [6, 6.07) is 11.7. The lowest BCUT2D eigenvalue weighted by Gasteiger charge is -2.35. The summed E-state index contributed by atoms with van der Waals surface area (Å²) < 4.78 is 1.78. The number of hydrogen-bond donors (Lipinski definition) is 0. The highest BCUT2D eigenvalue weighted by atomic mass is 32.1. The predicted molar refractivity (Wildman–Crippen MR) is 118 cm³/mol. The Bertz CT molecular complexity index is 1160. The van der Waals surface area contributed by atoms with E-state index in [9.17, 15) is 4.79 Å². The van der Waals surface area contributed by atoms with Gasteiger partial charge in [0.15, 0.2) is 0 Å². The standard InChI is InChI=1S/C22H22N6OS/c1-2-18-14-19-20(23-15-24-21(19)30-18)26-10-12-27(13-11-26)22(29)16-4-6-17(7-5-16)28-9-3-8-25-28/h3-9,14-15H,2,10-13H2,1H3. The lowest BCUT2D eigenvalue weighted by Crippen LogP contribution is -2.49. The first-order valence-corrected chi connectivity index (χ1v) is 10.9. The van der Waals surface area contributed by atoms with Crippen LogP contribution in [0.4, 0.5) is 5.82 Å². The Morgan fingerprint density at radius 2 is 1.90 bits per heavy atom. The molecule has 1 saturated heterocycles. The monoisotopic (exact) mass is 418 g/mol. The number of nitrogens with zero attached hydrogens (tertiary/aromatic N) is 6. The van der Waals surface area contributed by atoms with Crippen molar-refractivity contribution in [2.24, 2.45) is 0 Å². The third-order valence-corrected chi connectivity index (χ3v) is 6.64. The van der Waals surface area contributed by atoms with Gasteiger partial charge >= 0.3 is 0 Å². The van der Waals surface area contributed by atoms with Crippen molar-refractivity contribution >= 4 is 33.3 Å². The van der Waals surface area contributed by atoms with Crippen LogP contribution in [0.25, 0.3) is 15.9 Å². The number of carbonyl (C=O) groups is 1. The summed E-state index contributed by atoms with van der Waals surface area (Å²) in [7, 11) is 0. The zero-order valence-electron chi connectivity index (χ0n) is 16.7. The molecule has 0 spiro atoms. The summed E-state index contributed by atoms with van der Waals surface area (Å²) in [5, 5.41) is 5.34. The molecule has 1 aromatic carbocycles. The van der Waals surface area contributed by atoms with Gasteiger partial charge in [-0.3, -0.25) is 4.79 Å². The second-order valence-corrected chi connectivity index (χ2v) is 8.37. The minimum Gasteiger partial charge on any atom is -0.352 e. The number of hydrogen-bond acceptors (Lipinski definition) is 6. The van der Waals surface area contributed by atoms with Crippen LogP contribution in [0.2, 0.25) is 0 Å². The van der Waals surface area contributed by atoms with Crippen LogP contribution in [0, 0.1) is 0 Å². The zero-order chi connectivity index (χ0) is 20.5. The molecule has 0 radical (unpaired) electrons. The van der Waals surface area contributed by atoms with Crippen LogP contribution in [-0.2, 0) is 6.42 Å². The van der Waals surface area contributed by atoms with Crippen molar-refractivity contribution in [3.8, 4) is 5.69 Å². The van der Waals surface area contributed by atoms with Crippen molar-refractivity contribution in [1.82, 2.24) is 24.6 Å². The highest BCUT2D eigenvalue weighted by Gasteiger charge is 2.24. The van der Waals surface area contributed by atoms with E-state index in [1.807, 2.05) is 41.4 Å². The Hall–Kier alpha value is -3.26. The number of piperazine rings is 1. The number of carbonyl (C=O) groups excluding carboxylic acids is 1. The minimum absolute atomic E-state index is 0.0679. The van der Waals surface area contributed by atoms with Gasteiger partial charge in [0.1, 0.15) is 17.0 Å². The maximum atomic E-state index is 13.0. The van der Waals surface area contributed by atoms with E-state index in [0.717, 1.165) is 41.2 Å². The fraction of sp³-hybridized carbons (Fsp3) is 0.273.